The number of rotatable bonds is 16. The fourth-order valence-corrected chi connectivity index (χ4v) is 8.32. The van der Waals surface area contributed by atoms with Crippen LogP contribution >= 0.6 is 23.5 Å². The molecule has 2 aromatic heterocycles. The normalized spacial score (nSPS) is 18.9. The minimum Gasteiger partial charge on any atom is -0.480 e. The Morgan fingerprint density at radius 1 is 0.745 bits per heavy atom. The summed E-state index contributed by atoms with van der Waals surface area (Å²) in [6, 6.07) is -2.45. The molecule has 280 valence electrons. The first-order valence-electron chi connectivity index (χ1n) is 16.5. The van der Waals surface area contributed by atoms with Crippen molar-refractivity contribution in [2.75, 3.05) is 11.5 Å². The highest BCUT2D eigenvalue weighted by Crippen LogP contribution is 2.48. The lowest BCUT2D eigenvalue weighted by Gasteiger charge is -2.36. The Hall–Kier alpha value is -3.99. The first-order valence-corrected chi connectivity index (χ1v) is 18.6. The summed E-state index contributed by atoms with van der Waals surface area (Å²) in [4.78, 5) is 80.5. The average molecular weight is 749 g/mol. The number of aromatic nitrogens is 4. The summed E-state index contributed by atoms with van der Waals surface area (Å²) in [5.74, 6) is -4.61. The van der Waals surface area contributed by atoms with Crippen molar-refractivity contribution >= 4 is 53.1 Å². The van der Waals surface area contributed by atoms with E-state index in [4.69, 9.17) is 9.47 Å². The maximum atomic E-state index is 14.7. The van der Waals surface area contributed by atoms with E-state index in [1.165, 1.54) is 62.2 Å². The molecule has 1 aliphatic rings. The number of hydrogen-bond acceptors (Lipinski definition) is 13. The van der Waals surface area contributed by atoms with Gasteiger partial charge in [-0.1, -0.05) is 6.42 Å². The number of amides is 2. The van der Waals surface area contributed by atoms with Crippen LogP contribution in [0.5, 0.6) is 11.8 Å². The third-order valence-corrected chi connectivity index (χ3v) is 10.3. The van der Waals surface area contributed by atoms with Gasteiger partial charge in [0.25, 0.3) is 0 Å². The number of ketones is 1. The van der Waals surface area contributed by atoms with Crippen molar-refractivity contribution in [1.29, 1.82) is 0 Å². The van der Waals surface area contributed by atoms with Crippen LogP contribution in [0, 0.1) is 11.8 Å². The van der Waals surface area contributed by atoms with Crippen molar-refractivity contribution in [1.82, 2.24) is 30.6 Å². The number of hydrogen-bond donors (Lipinski definition) is 4. The second-order valence-corrected chi connectivity index (χ2v) is 16.6. The van der Waals surface area contributed by atoms with Crippen LogP contribution in [-0.4, -0.2) is 94.5 Å². The molecule has 1 saturated carbocycles. The molecule has 6 atom stereocenters. The van der Waals surface area contributed by atoms with Crippen LogP contribution in [0.25, 0.3) is 0 Å². The molecule has 2 aromatic rings. The van der Waals surface area contributed by atoms with Crippen molar-refractivity contribution in [3.8, 4) is 11.8 Å². The summed E-state index contributed by atoms with van der Waals surface area (Å²) in [6.45, 7) is 13.6. The van der Waals surface area contributed by atoms with Crippen molar-refractivity contribution in [3.05, 3.63) is 36.2 Å². The van der Waals surface area contributed by atoms with Gasteiger partial charge in [0, 0.05) is 49.6 Å². The van der Waals surface area contributed by atoms with Crippen LogP contribution in [0.1, 0.15) is 96.5 Å². The molecule has 1 fully saturated rings. The van der Waals surface area contributed by atoms with Crippen LogP contribution in [0.4, 0.5) is 0 Å². The number of nitrogens with one attached hydrogen (secondary N) is 2. The van der Waals surface area contributed by atoms with Crippen LogP contribution in [0.2, 0.25) is 0 Å². The highest BCUT2D eigenvalue weighted by Gasteiger charge is 2.43. The van der Waals surface area contributed by atoms with Gasteiger partial charge in [0.15, 0.2) is 0 Å². The molecule has 2 heterocycles. The average Bonchev–Trinajstić information content (AvgIpc) is 2.99. The van der Waals surface area contributed by atoms with Gasteiger partial charge >= 0.3 is 11.9 Å². The van der Waals surface area contributed by atoms with E-state index in [1.54, 1.807) is 0 Å². The zero-order chi connectivity index (χ0) is 38.1. The molecule has 0 bridgehead atoms. The van der Waals surface area contributed by atoms with E-state index < -0.39 is 69.4 Å². The van der Waals surface area contributed by atoms with Gasteiger partial charge in [0.05, 0.1) is 34.3 Å². The Bertz CT molecular complexity index is 1450. The largest absolute Gasteiger partial charge is 0.480 e. The first-order chi connectivity index (χ1) is 23.7. The monoisotopic (exact) mass is 748 g/mol. The number of carbonyl (C=O) groups is 5. The minimum absolute atomic E-state index is 0.0626. The van der Waals surface area contributed by atoms with E-state index in [0.717, 1.165) is 0 Å². The molecule has 0 aliphatic heterocycles. The third-order valence-electron chi connectivity index (χ3n) is 7.39. The Morgan fingerprint density at radius 3 is 1.43 bits per heavy atom. The molecule has 17 heteroatoms. The van der Waals surface area contributed by atoms with Crippen molar-refractivity contribution in [2.24, 2.45) is 11.8 Å². The number of carbonyl (C=O) groups excluding carboxylic acids is 3. The smallest absolute Gasteiger partial charge is 0.327 e. The topological polar surface area (TPSA) is 220 Å². The number of aliphatic carboxylic acids is 2. The molecule has 15 nitrogen and oxygen atoms in total. The summed E-state index contributed by atoms with van der Waals surface area (Å²) >= 11 is 2.37. The van der Waals surface area contributed by atoms with Crippen molar-refractivity contribution in [2.45, 2.75) is 108 Å². The Kier molecular flexibility index (Phi) is 14.6. The molecule has 2 amide bonds. The fraction of sp³-hybridized carbons (Fsp3) is 0.618. The molecular weight excluding hydrogens is 701 g/mol. The molecule has 0 saturated heterocycles. The fourth-order valence-electron chi connectivity index (χ4n) is 5.50. The van der Waals surface area contributed by atoms with Gasteiger partial charge in [0.1, 0.15) is 29.1 Å². The highest BCUT2D eigenvalue weighted by atomic mass is 32.2. The molecule has 4 N–H and O–H groups in total. The number of thioether (sulfide) groups is 2. The molecular formula is C34H48N6O9S2. The third kappa shape index (κ3) is 13.3. The van der Waals surface area contributed by atoms with Crippen LogP contribution in [0.3, 0.4) is 0 Å². The predicted molar refractivity (Wildman–Crippen MR) is 192 cm³/mol. The van der Waals surface area contributed by atoms with E-state index in [1.807, 2.05) is 41.5 Å². The van der Waals surface area contributed by atoms with E-state index >= 15 is 0 Å². The van der Waals surface area contributed by atoms with Gasteiger partial charge in [-0.3, -0.25) is 24.4 Å². The van der Waals surface area contributed by atoms with Gasteiger partial charge in [-0.25, -0.2) is 19.6 Å². The highest BCUT2D eigenvalue weighted by molar-refractivity contribution is 7.99. The molecule has 4 unspecified atom stereocenters. The quantitative estimate of drug-likeness (QED) is 0.190. The Morgan fingerprint density at radius 2 is 1.12 bits per heavy atom. The Balaban J connectivity index is 2.07. The van der Waals surface area contributed by atoms with Gasteiger partial charge in [-0.2, -0.15) is 0 Å². The number of carboxylic acid groups (broad SMARTS) is 2. The number of carboxylic acids is 2. The van der Waals surface area contributed by atoms with E-state index in [0.29, 0.717) is 30.7 Å². The van der Waals surface area contributed by atoms with Crippen LogP contribution in [-0.2, 0) is 24.0 Å². The predicted octanol–water partition coefficient (Wildman–Crippen LogP) is 4.03. The lowest BCUT2D eigenvalue weighted by atomic mass is 9.76. The second kappa shape index (κ2) is 18.0. The Labute approximate surface area is 306 Å². The maximum absolute atomic E-state index is 14.7. The molecule has 1 aliphatic carbocycles. The summed E-state index contributed by atoms with van der Waals surface area (Å²) in [6.07, 6.45) is 7.49. The summed E-state index contributed by atoms with van der Waals surface area (Å²) in [5, 5.41) is 23.2. The molecule has 0 radical (unpaired) electrons. The molecule has 0 aromatic carbocycles. The summed E-state index contributed by atoms with van der Waals surface area (Å²) in [5.41, 5.74) is -0.366. The number of Topliss-reactive ketones (excluding diaryl/α,β-unsaturated/α-hetero) is 1. The van der Waals surface area contributed by atoms with Gasteiger partial charge in [-0.15, -0.1) is 23.5 Å². The van der Waals surface area contributed by atoms with Crippen LogP contribution in [0.15, 0.2) is 24.8 Å². The van der Waals surface area contributed by atoms with Gasteiger partial charge in [0.2, 0.25) is 23.6 Å². The number of nitrogens with zero attached hydrogens (tertiary/aromatic N) is 4. The maximum Gasteiger partial charge on any atom is 0.327 e. The van der Waals surface area contributed by atoms with Gasteiger partial charge in [-0.05, 0) is 54.4 Å². The standard InChI is InChI=1S/C34H48N6O9S2/c1-18(41)37-24(31(44)45)16-50-29(22-12-35-14-26(39-22)48-33(3,4)5)20-10-9-11-21(28(20)43)30(51-17-25(32(46)47)38-19(2)42)23-13-36-15-27(40-23)49-34(6,7)8/h12-15,20-21,24-25,29-30H,9-11,16-17H2,1-8H3,(H,37,41)(H,38,42)(H,44,45)(H,46,47)/t20?,21?,24-,25-,29?,30?/m0/s1. The molecule has 3 rings (SSSR count). The first kappa shape index (κ1) is 41.4. The summed E-state index contributed by atoms with van der Waals surface area (Å²) < 4.78 is 11.9. The zero-order valence-corrected chi connectivity index (χ0v) is 31.8. The van der Waals surface area contributed by atoms with Crippen LogP contribution < -0.4 is 20.1 Å². The number of ether oxygens (including phenoxy) is 2. The van der Waals surface area contributed by atoms with E-state index in [-0.39, 0.29) is 29.0 Å². The molecule has 51 heavy (non-hydrogen) atoms. The van der Waals surface area contributed by atoms with E-state index in [2.05, 4.69) is 30.6 Å². The van der Waals surface area contributed by atoms with Crippen molar-refractivity contribution in [3.63, 3.8) is 0 Å². The zero-order valence-electron chi connectivity index (χ0n) is 30.2. The summed E-state index contributed by atoms with van der Waals surface area (Å²) in [7, 11) is 0. The lowest BCUT2D eigenvalue weighted by molar-refractivity contribution is -0.141. The minimum atomic E-state index is -1.22. The second-order valence-electron chi connectivity index (χ2n) is 14.2. The SMILES string of the molecule is CC(=O)N[C@@H](CSC(c1cncc(OC(C)(C)C)n1)C1CCCC(C(SC[C@H](NC(C)=O)C(=O)O)c2cncc(OC(C)(C)C)n2)C1=O)C(=O)O. The van der Waals surface area contributed by atoms with E-state index in [9.17, 15) is 34.2 Å². The van der Waals surface area contributed by atoms with Gasteiger partial charge < -0.3 is 30.3 Å². The lowest BCUT2D eigenvalue weighted by Crippen LogP contribution is -2.42. The molecule has 0 spiro atoms. The van der Waals surface area contributed by atoms with Crippen molar-refractivity contribution < 1.29 is 43.7 Å².